The van der Waals surface area contributed by atoms with Crippen molar-refractivity contribution in [2.45, 2.75) is 37.8 Å². The van der Waals surface area contributed by atoms with Gasteiger partial charge < -0.3 is 15.0 Å². The maximum absolute atomic E-state index is 12.9. The molecule has 114 valence electrons. The summed E-state index contributed by atoms with van der Waals surface area (Å²) in [6.07, 6.45) is 4.53. The lowest BCUT2D eigenvalue weighted by molar-refractivity contribution is 0.0725. The monoisotopic (exact) mass is 308 g/mol. The third-order valence-electron chi connectivity index (χ3n) is 4.22. The average molecular weight is 309 g/mol. The molecule has 1 N–H and O–H groups in total. The van der Waals surface area contributed by atoms with Crippen LogP contribution in [0.2, 0.25) is 5.02 Å². The van der Waals surface area contributed by atoms with Crippen LogP contribution >= 0.6 is 11.6 Å². The Kier molecular flexibility index (Phi) is 4.36. The van der Waals surface area contributed by atoms with E-state index in [-0.39, 0.29) is 5.91 Å². The Morgan fingerprint density at radius 3 is 2.86 bits per heavy atom. The molecule has 0 aromatic heterocycles. The van der Waals surface area contributed by atoms with Gasteiger partial charge in [-0.1, -0.05) is 11.6 Å². The highest BCUT2D eigenvalue weighted by Gasteiger charge is 2.35. The standard InChI is InChI=1S/C16H21ClN2O2/c1-21-15-7-4-11(17)9-14(15)16(20)19(13-5-6-13)10-12-3-2-8-18-12/h4,7,9,12-13,18H,2-3,5-6,8,10H2,1H3. The van der Waals surface area contributed by atoms with Gasteiger partial charge in [-0.05, 0) is 50.4 Å². The number of methoxy groups -OCH3 is 1. The zero-order valence-electron chi connectivity index (χ0n) is 12.3. The van der Waals surface area contributed by atoms with E-state index >= 15 is 0 Å². The summed E-state index contributed by atoms with van der Waals surface area (Å²) in [4.78, 5) is 14.9. The molecule has 1 heterocycles. The zero-order valence-corrected chi connectivity index (χ0v) is 13.0. The highest BCUT2D eigenvalue weighted by molar-refractivity contribution is 6.31. The minimum absolute atomic E-state index is 0.0329. The largest absolute Gasteiger partial charge is 0.496 e. The van der Waals surface area contributed by atoms with Crippen molar-refractivity contribution in [1.29, 1.82) is 0 Å². The van der Waals surface area contributed by atoms with Crippen LogP contribution in [-0.4, -0.2) is 43.1 Å². The number of nitrogens with one attached hydrogen (secondary N) is 1. The lowest BCUT2D eigenvalue weighted by atomic mass is 10.1. The van der Waals surface area contributed by atoms with E-state index in [0.717, 1.165) is 32.4 Å². The molecule has 3 rings (SSSR count). The van der Waals surface area contributed by atoms with Crippen LogP contribution in [0.3, 0.4) is 0 Å². The Hall–Kier alpha value is -1.26. The van der Waals surface area contributed by atoms with Gasteiger partial charge in [0.25, 0.3) is 5.91 Å². The van der Waals surface area contributed by atoms with Crippen LogP contribution in [-0.2, 0) is 0 Å². The first-order valence-electron chi connectivity index (χ1n) is 7.57. The van der Waals surface area contributed by atoms with Gasteiger partial charge in [-0.25, -0.2) is 0 Å². The number of rotatable bonds is 5. The van der Waals surface area contributed by atoms with Crippen LogP contribution in [0.25, 0.3) is 0 Å². The molecular formula is C16H21ClN2O2. The maximum atomic E-state index is 12.9. The van der Waals surface area contributed by atoms with Crippen LogP contribution in [0.15, 0.2) is 18.2 Å². The van der Waals surface area contributed by atoms with Gasteiger partial charge >= 0.3 is 0 Å². The second-order valence-corrected chi connectivity index (χ2v) is 6.26. The minimum atomic E-state index is 0.0329. The summed E-state index contributed by atoms with van der Waals surface area (Å²) in [6.45, 7) is 1.83. The van der Waals surface area contributed by atoms with Gasteiger partial charge in [0, 0.05) is 23.7 Å². The number of carbonyl (C=O) groups excluding carboxylic acids is 1. The Bertz CT molecular complexity index is 525. The second kappa shape index (κ2) is 6.24. The quantitative estimate of drug-likeness (QED) is 0.909. The predicted molar refractivity (Wildman–Crippen MR) is 83.1 cm³/mol. The molecule has 21 heavy (non-hydrogen) atoms. The summed E-state index contributed by atoms with van der Waals surface area (Å²) >= 11 is 6.05. The van der Waals surface area contributed by atoms with E-state index in [2.05, 4.69) is 5.32 Å². The first-order valence-corrected chi connectivity index (χ1v) is 7.94. The van der Waals surface area contributed by atoms with Crippen molar-refractivity contribution in [3.05, 3.63) is 28.8 Å². The van der Waals surface area contributed by atoms with Crippen molar-refractivity contribution in [1.82, 2.24) is 10.2 Å². The van der Waals surface area contributed by atoms with Gasteiger partial charge in [0.2, 0.25) is 0 Å². The summed E-state index contributed by atoms with van der Waals surface area (Å²) in [6, 6.07) is 6.01. The average Bonchev–Trinajstić information content (AvgIpc) is 3.20. The molecule has 5 heteroatoms. The van der Waals surface area contributed by atoms with Gasteiger partial charge in [0.05, 0.1) is 12.7 Å². The van der Waals surface area contributed by atoms with Crippen molar-refractivity contribution < 1.29 is 9.53 Å². The minimum Gasteiger partial charge on any atom is -0.496 e. The maximum Gasteiger partial charge on any atom is 0.257 e. The van der Waals surface area contributed by atoms with Gasteiger partial charge in [0.1, 0.15) is 5.75 Å². The van der Waals surface area contributed by atoms with Crippen molar-refractivity contribution in [2.24, 2.45) is 0 Å². The summed E-state index contributed by atoms with van der Waals surface area (Å²) in [7, 11) is 1.58. The smallest absolute Gasteiger partial charge is 0.257 e. The molecule has 0 bridgehead atoms. The van der Waals surface area contributed by atoms with Crippen LogP contribution < -0.4 is 10.1 Å². The van der Waals surface area contributed by atoms with E-state index in [1.807, 2.05) is 4.90 Å². The molecule has 1 aromatic carbocycles. The lowest BCUT2D eigenvalue weighted by Gasteiger charge is -2.26. The molecule has 4 nitrogen and oxygen atoms in total. The fraction of sp³-hybridized carbons (Fsp3) is 0.562. The number of amides is 1. The third kappa shape index (κ3) is 3.33. The summed E-state index contributed by atoms with van der Waals surface area (Å²) in [5.41, 5.74) is 0.565. The molecule has 2 fully saturated rings. The van der Waals surface area contributed by atoms with Gasteiger partial charge in [0.15, 0.2) is 0 Å². The molecule has 1 aliphatic heterocycles. The summed E-state index contributed by atoms with van der Waals surface area (Å²) < 4.78 is 5.32. The Balaban J connectivity index is 1.81. The highest BCUT2D eigenvalue weighted by Crippen LogP contribution is 2.32. The molecular weight excluding hydrogens is 288 g/mol. The second-order valence-electron chi connectivity index (χ2n) is 5.83. The van der Waals surface area contributed by atoms with Gasteiger partial charge in [-0.15, -0.1) is 0 Å². The number of benzene rings is 1. The molecule has 2 aliphatic rings. The van der Waals surface area contributed by atoms with E-state index in [1.54, 1.807) is 25.3 Å². The highest BCUT2D eigenvalue weighted by atomic mass is 35.5. The molecule has 1 amide bonds. The number of hydrogen-bond acceptors (Lipinski definition) is 3. The van der Waals surface area contributed by atoms with E-state index in [0.29, 0.717) is 28.4 Å². The van der Waals surface area contributed by atoms with Crippen LogP contribution in [0.5, 0.6) is 5.75 Å². The van der Waals surface area contributed by atoms with E-state index in [9.17, 15) is 4.79 Å². The molecule has 1 atom stereocenters. The Labute approximate surface area is 130 Å². The van der Waals surface area contributed by atoms with Gasteiger partial charge in [-0.2, -0.15) is 0 Å². The normalized spacial score (nSPS) is 21.3. The number of carbonyl (C=O) groups is 1. The SMILES string of the molecule is COc1ccc(Cl)cc1C(=O)N(CC1CCCN1)C1CC1. The number of hydrogen-bond donors (Lipinski definition) is 1. The molecule has 1 aliphatic carbocycles. The fourth-order valence-corrected chi connectivity index (χ4v) is 3.11. The molecule has 1 unspecified atom stereocenters. The number of nitrogens with zero attached hydrogens (tertiary/aromatic N) is 1. The van der Waals surface area contributed by atoms with Crippen LogP contribution in [0.4, 0.5) is 0 Å². The summed E-state index contributed by atoms with van der Waals surface area (Å²) in [5, 5.41) is 4.03. The van der Waals surface area contributed by atoms with Crippen LogP contribution in [0, 0.1) is 0 Å². The number of halogens is 1. The van der Waals surface area contributed by atoms with E-state index in [1.165, 1.54) is 6.42 Å². The molecule has 1 saturated heterocycles. The topological polar surface area (TPSA) is 41.6 Å². The molecule has 0 radical (unpaired) electrons. The zero-order chi connectivity index (χ0) is 14.8. The first kappa shape index (κ1) is 14.7. The Morgan fingerprint density at radius 2 is 2.24 bits per heavy atom. The summed E-state index contributed by atoms with van der Waals surface area (Å²) in [5.74, 6) is 0.625. The molecule has 0 spiro atoms. The third-order valence-corrected chi connectivity index (χ3v) is 4.45. The van der Waals surface area contributed by atoms with E-state index in [4.69, 9.17) is 16.3 Å². The van der Waals surface area contributed by atoms with E-state index < -0.39 is 0 Å². The Morgan fingerprint density at radius 1 is 1.43 bits per heavy atom. The predicted octanol–water partition coefficient (Wildman–Crippen LogP) is 2.71. The van der Waals surface area contributed by atoms with Crippen LogP contribution in [0.1, 0.15) is 36.0 Å². The number of ether oxygens (including phenoxy) is 1. The lowest BCUT2D eigenvalue weighted by Crippen LogP contribution is -2.42. The first-order chi connectivity index (χ1) is 10.2. The van der Waals surface area contributed by atoms with Gasteiger partial charge in [-0.3, -0.25) is 4.79 Å². The van der Waals surface area contributed by atoms with Crippen molar-refractivity contribution in [2.75, 3.05) is 20.2 Å². The van der Waals surface area contributed by atoms with Crippen molar-refractivity contribution in [3.63, 3.8) is 0 Å². The van der Waals surface area contributed by atoms with Crippen molar-refractivity contribution >= 4 is 17.5 Å². The van der Waals surface area contributed by atoms with Crippen molar-refractivity contribution in [3.8, 4) is 5.75 Å². The molecule has 1 saturated carbocycles. The molecule has 1 aromatic rings. The fourth-order valence-electron chi connectivity index (χ4n) is 2.94.